The fourth-order valence-corrected chi connectivity index (χ4v) is 1.76. The maximum atomic E-state index is 11.8. The number of carbonyl (C=O) groups excluding carboxylic acids is 1. The molecule has 7 heteroatoms. The number of aromatic nitrogens is 5. The molecule has 0 aliphatic rings. The number of rotatable bonds is 3. The Morgan fingerprint density at radius 1 is 1.39 bits per heavy atom. The lowest BCUT2D eigenvalue weighted by Gasteiger charge is -2.02. The second kappa shape index (κ2) is 4.28. The lowest BCUT2D eigenvalue weighted by molar-refractivity contribution is -0.116. The zero-order chi connectivity index (χ0) is 12.4. The number of fused-ring (bicyclic) bond motifs is 1. The lowest BCUT2D eigenvalue weighted by atomic mass is 10.2. The van der Waals surface area contributed by atoms with Crippen molar-refractivity contribution in [2.45, 2.75) is 6.54 Å². The second-order valence-corrected chi connectivity index (χ2v) is 3.80. The number of benzene rings is 1. The smallest absolute Gasteiger partial charge is 0.246 e. The Labute approximate surface area is 102 Å². The molecule has 0 unspecified atom stereocenters. The Bertz CT molecular complexity index is 672. The summed E-state index contributed by atoms with van der Waals surface area (Å²) in [5, 5.41) is 14.4. The molecule has 2 heterocycles. The summed E-state index contributed by atoms with van der Waals surface area (Å²) in [5.74, 6) is -0.174. The molecule has 2 N–H and O–H groups in total. The maximum Gasteiger partial charge on any atom is 0.246 e. The van der Waals surface area contributed by atoms with E-state index in [0.29, 0.717) is 0 Å². The highest BCUT2D eigenvalue weighted by Crippen LogP contribution is 2.22. The van der Waals surface area contributed by atoms with Crippen LogP contribution in [-0.4, -0.2) is 31.1 Å². The van der Waals surface area contributed by atoms with Gasteiger partial charge in [-0.15, -0.1) is 5.10 Å². The van der Waals surface area contributed by atoms with Gasteiger partial charge < -0.3 is 10.3 Å². The average molecular weight is 242 g/mol. The van der Waals surface area contributed by atoms with Gasteiger partial charge in [0.2, 0.25) is 5.91 Å². The van der Waals surface area contributed by atoms with Gasteiger partial charge in [0, 0.05) is 17.1 Å². The van der Waals surface area contributed by atoms with Gasteiger partial charge in [0.1, 0.15) is 12.9 Å². The minimum absolute atomic E-state index is 0.0898. The van der Waals surface area contributed by atoms with Crippen molar-refractivity contribution >= 4 is 22.5 Å². The molecule has 0 saturated heterocycles. The van der Waals surface area contributed by atoms with Crippen LogP contribution in [0.5, 0.6) is 0 Å². The number of hydrogen-bond acceptors (Lipinski definition) is 4. The van der Waals surface area contributed by atoms with Crippen molar-refractivity contribution in [3.63, 3.8) is 0 Å². The number of para-hydroxylation sites is 1. The lowest BCUT2D eigenvalue weighted by Crippen LogP contribution is -2.18. The molecule has 0 radical (unpaired) electrons. The van der Waals surface area contributed by atoms with Gasteiger partial charge in [-0.25, -0.2) is 4.68 Å². The van der Waals surface area contributed by atoms with Crippen molar-refractivity contribution in [2.24, 2.45) is 0 Å². The molecule has 0 aliphatic heterocycles. The number of H-pyrrole nitrogens is 1. The third-order valence-electron chi connectivity index (χ3n) is 2.56. The first kappa shape index (κ1) is 10.5. The Kier molecular flexibility index (Phi) is 2.49. The molecule has 0 bridgehead atoms. The van der Waals surface area contributed by atoms with Crippen molar-refractivity contribution in [1.82, 2.24) is 25.2 Å². The number of amides is 1. The molecule has 0 aliphatic carbocycles. The monoisotopic (exact) mass is 242 g/mol. The van der Waals surface area contributed by atoms with E-state index in [1.54, 1.807) is 6.20 Å². The van der Waals surface area contributed by atoms with Crippen molar-refractivity contribution in [2.75, 3.05) is 5.32 Å². The van der Waals surface area contributed by atoms with Crippen molar-refractivity contribution in [1.29, 1.82) is 0 Å². The SMILES string of the molecule is O=C(Cn1cnnn1)Nc1c[nH]c2ccccc12. The van der Waals surface area contributed by atoms with E-state index in [2.05, 4.69) is 25.8 Å². The summed E-state index contributed by atoms with van der Waals surface area (Å²) < 4.78 is 1.37. The van der Waals surface area contributed by atoms with E-state index in [-0.39, 0.29) is 12.5 Å². The number of nitrogens with one attached hydrogen (secondary N) is 2. The number of nitrogens with zero attached hydrogens (tertiary/aromatic N) is 4. The zero-order valence-electron chi connectivity index (χ0n) is 9.37. The van der Waals surface area contributed by atoms with E-state index in [9.17, 15) is 4.79 Å². The summed E-state index contributed by atoms with van der Waals surface area (Å²) in [6, 6.07) is 7.75. The van der Waals surface area contributed by atoms with Crippen LogP contribution in [0.2, 0.25) is 0 Å². The highest BCUT2D eigenvalue weighted by Gasteiger charge is 2.08. The van der Waals surface area contributed by atoms with E-state index < -0.39 is 0 Å². The number of hydrogen-bond donors (Lipinski definition) is 2. The molecule has 0 atom stereocenters. The van der Waals surface area contributed by atoms with Gasteiger partial charge in [-0.2, -0.15) is 0 Å². The number of tetrazole rings is 1. The van der Waals surface area contributed by atoms with Gasteiger partial charge in [0.05, 0.1) is 5.69 Å². The standard InChI is InChI=1S/C11H10N6O/c18-11(6-17-7-13-15-16-17)14-10-5-12-9-4-2-1-3-8(9)10/h1-5,7,12H,6H2,(H,14,18). The average Bonchev–Trinajstić information content (AvgIpc) is 3.00. The van der Waals surface area contributed by atoms with E-state index in [0.717, 1.165) is 16.6 Å². The van der Waals surface area contributed by atoms with Crippen LogP contribution in [0.15, 0.2) is 36.8 Å². The summed E-state index contributed by atoms with van der Waals surface area (Å²) in [7, 11) is 0. The van der Waals surface area contributed by atoms with Crippen molar-refractivity contribution in [3.8, 4) is 0 Å². The summed E-state index contributed by atoms with van der Waals surface area (Å²) in [4.78, 5) is 14.9. The topological polar surface area (TPSA) is 88.5 Å². The summed E-state index contributed by atoms with van der Waals surface area (Å²) in [6.45, 7) is 0.0898. The van der Waals surface area contributed by atoms with Crippen LogP contribution in [0.1, 0.15) is 0 Å². The first-order valence-corrected chi connectivity index (χ1v) is 5.40. The molecule has 1 amide bonds. The summed E-state index contributed by atoms with van der Waals surface area (Å²) in [6.07, 6.45) is 3.16. The van der Waals surface area contributed by atoms with Gasteiger partial charge in [0.25, 0.3) is 0 Å². The van der Waals surface area contributed by atoms with E-state index >= 15 is 0 Å². The third kappa shape index (κ3) is 1.93. The molecule has 3 aromatic rings. The zero-order valence-corrected chi connectivity index (χ0v) is 9.37. The molecule has 0 saturated carbocycles. The molecule has 7 nitrogen and oxygen atoms in total. The molecule has 1 aromatic carbocycles. The van der Waals surface area contributed by atoms with Crippen LogP contribution < -0.4 is 5.32 Å². The highest BCUT2D eigenvalue weighted by molar-refractivity contribution is 6.01. The van der Waals surface area contributed by atoms with Crippen LogP contribution in [0, 0.1) is 0 Å². The Hall–Kier alpha value is -2.70. The van der Waals surface area contributed by atoms with E-state index in [1.165, 1.54) is 11.0 Å². The predicted octanol–water partition coefficient (Wildman–Crippen LogP) is 0.793. The Balaban J connectivity index is 1.78. The Morgan fingerprint density at radius 3 is 3.11 bits per heavy atom. The third-order valence-corrected chi connectivity index (χ3v) is 2.56. The maximum absolute atomic E-state index is 11.8. The van der Waals surface area contributed by atoms with Crippen molar-refractivity contribution < 1.29 is 4.79 Å². The fourth-order valence-electron chi connectivity index (χ4n) is 1.76. The van der Waals surface area contributed by atoms with Crippen molar-refractivity contribution in [3.05, 3.63) is 36.8 Å². The van der Waals surface area contributed by atoms with Gasteiger partial charge in [-0.1, -0.05) is 18.2 Å². The van der Waals surface area contributed by atoms with E-state index in [1.807, 2.05) is 24.3 Å². The number of anilines is 1. The first-order chi connectivity index (χ1) is 8.83. The van der Waals surface area contributed by atoms with Gasteiger partial charge in [-0.3, -0.25) is 4.79 Å². The molecule has 0 spiro atoms. The number of aromatic amines is 1. The summed E-state index contributed by atoms with van der Waals surface area (Å²) in [5.41, 5.74) is 1.74. The molecule has 3 rings (SSSR count). The van der Waals surface area contributed by atoms with Gasteiger partial charge in [0.15, 0.2) is 0 Å². The van der Waals surface area contributed by atoms with Crippen LogP contribution in [0.3, 0.4) is 0 Å². The number of carbonyl (C=O) groups is 1. The van der Waals surface area contributed by atoms with Gasteiger partial charge >= 0.3 is 0 Å². The minimum Gasteiger partial charge on any atom is -0.359 e. The summed E-state index contributed by atoms with van der Waals surface area (Å²) >= 11 is 0. The normalized spacial score (nSPS) is 10.7. The van der Waals surface area contributed by atoms with Gasteiger partial charge in [-0.05, 0) is 16.5 Å². The molecular formula is C11H10N6O. The van der Waals surface area contributed by atoms with Crippen LogP contribution in [-0.2, 0) is 11.3 Å². The van der Waals surface area contributed by atoms with Crippen LogP contribution in [0.4, 0.5) is 5.69 Å². The first-order valence-electron chi connectivity index (χ1n) is 5.40. The molecule has 0 fully saturated rings. The molecule has 2 aromatic heterocycles. The fraction of sp³-hybridized carbons (Fsp3) is 0.0909. The second-order valence-electron chi connectivity index (χ2n) is 3.80. The molecular weight excluding hydrogens is 232 g/mol. The highest BCUT2D eigenvalue weighted by atomic mass is 16.2. The quantitative estimate of drug-likeness (QED) is 0.710. The Morgan fingerprint density at radius 2 is 2.28 bits per heavy atom. The molecule has 18 heavy (non-hydrogen) atoms. The minimum atomic E-state index is -0.174. The predicted molar refractivity (Wildman–Crippen MR) is 64.7 cm³/mol. The van der Waals surface area contributed by atoms with E-state index in [4.69, 9.17) is 0 Å². The molecule has 90 valence electrons. The largest absolute Gasteiger partial charge is 0.359 e. The van der Waals surface area contributed by atoms with Crippen LogP contribution in [0.25, 0.3) is 10.9 Å². The van der Waals surface area contributed by atoms with Crippen LogP contribution >= 0.6 is 0 Å².